The first kappa shape index (κ1) is 12.2. The van der Waals surface area contributed by atoms with Crippen molar-refractivity contribution in [3.05, 3.63) is 18.7 Å². The minimum absolute atomic E-state index is 0.0664. The van der Waals surface area contributed by atoms with Gasteiger partial charge < -0.3 is 10.3 Å². The van der Waals surface area contributed by atoms with E-state index in [4.69, 9.17) is 5.73 Å². The standard InChI is InChI=1S/C9H17N3O2S/c1-9(10)7-15(13,14)6-2-4-12-5-3-11-8-12/h3,5,8-9H,2,4,6-7,10H2,1H3. The molecule has 1 heterocycles. The number of hydrogen-bond acceptors (Lipinski definition) is 4. The van der Waals surface area contributed by atoms with Gasteiger partial charge in [-0.1, -0.05) is 0 Å². The van der Waals surface area contributed by atoms with Crippen LogP contribution in [0.15, 0.2) is 18.7 Å². The van der Waals surface area contributed by atoms with Crippen molar-refractivity contribution in [1.82, 2.24) is 9.55 Å². The van der Waals surface area contributed by atoms with E-state index in [1.54, 1.807) is 19.4 Å². The number of imidazole rings is 1. The van der Waals surface area contributed by atoms with Crippen LogP contribution in [0.25, 0.3) is 0 Å². The SMILES string of the molecule is CC(N)CS(=O)(=O)CCCn1ccnc1. The highest BCUT2D eigenvalue weighted by molar-refractivity contribution is 7.91. The highest BCUT2D eigenvalue weighted by Crippen LogP contribution is 1.98. The average Bonchev–Trinajstić information content (AvgIpc) is 2.53. The fourth-order valence-corrected chi connectivity index (χ4v) is 2.91. The second-order valence-electron chi connectivity index (χ2n) is 3.75. The van der Waals surface area contributed by atoms with Gasteiger partial charge in [0.05, 0.1) is 17.8 Å². The Morgan fingerprint density at radius 2 is 2.27 bits per heavy atom. The van der Waals surface area contributed by atoms with Gasteiger partial charge in [-0.2, -0.15) is 0 Å². The van der Waals surface area contributed by atoms with Gasteiger partial charge in [-0.25, -0.2) is 13.4 Å². The minimum atomic E-state index is -2.99. The molecule has 0 saturated carbocycles. The van der Waals surface area contributed by atoms with Crippen LogP contribution < -0.4 is 5.73 Å². The van der Waals surface area contributed by atoms with Gasteiger partial charge in [0, 0.05) is 25.0 Å². The third kappa shape index (κ3) is 4.94. The molecular formula is C9H17N3O2S. The number of nitrogens with zero attached hydrogens (tertiary/aromatic N) is 2. The Hall–Kier alpha value is -0.880. The summed E-state index contributed by atoms with van der Waals surface area (Å²) >= 11 is 0. The highest BCUT2D eigenvalue weighted by atomic mass is 32.2. The van der Waals surface area contributed by atoms with Crippen molar-refractivity contribution in [3.8, 4) is 0 Å². The van der Waals surface area contributed by atoms with Crippen molar-refractivity contribution in [1.29, 1.82) is 0 Å². The van der Waals surface area contributed by atoms with Crippen LogP contribution in [0.1, 0.15) is 13.3 Å². The smallest absolute Gasteiger partial charge is 0.151 e. The molecule has 1 rings (SSSR count). The van der Waals surface area contributed by atoms with E-state index >= 15 is 0 Å². The lowest BCUT2D eigenvalue weighted by Crippen LogP contribution is -2.28. The molecular weight excluding hydrogens is 214 g/mol. The summed E-state index contributed by atoms with van der Waals surface area (Å²) in [4.78, 5) is 3.88. The first-order chi connectivity index (χ1) is 6.99. The zero-order chi connectivity index (χ0) is 11.3. The van der Waals surface area contributed by atoms with Gasteiger partial charge >= 0.3 is 0 Å². The van der Waals surface area contributed by atoms with Crippen LogP contribution in [0.3, 0.4) is 0 Å². The number of hydrogen-bond donors (Lipinski definition) is 1. The molecule has 0 aliphatic rings. The zero-order valence-electron chi connectivity index (χ0n) is 8.83. The van der Waals surface area contributed by atoms with E-state index in [1.807, 2.05) is 10.8 Å². The van der Waals surface area contributed by atoms with Crippen molar-refractivity contribution in [2.45, 2.75) is 25.9 Å². The van der Waals surface area contributed by atoms with Gasteiger partial charge in [0.25, 0.3) is 0 Å². The van der Waals surface area contributed by atoms with Gasteiger partial charge in [0.2, 0.25) is 0 Å². The molecule has 0 aliphatic heterocycles. The van der Waals surface area contributed by atoms with Crippen LogP contribution in [0.4, 0.5) is 0 Å². The fraction of sp³-hybridized carbons (Fsp3) is 0.667. The quantitative estimate of drug-likeness (QED) is 0.749. The Bertz CT molecular complexity index is 370. The topological polar surface area (TPSA) is 78.0 Å². The van der Waals surface area contributed by atoms with Crippen LogP contribution in [-0.2, 0) is 16.4 Å². The summed E-state index contributed by atoms with van der Waals surface area (Å²) in [5.41, 5.74) is 5.45. The van der Waals surface area contributed by atoms with Gasteiger partial charge in [-0.05, 0) is 13.3 Å². The molecule has 1 atom stereocenters. The van der Waals surface area contributed by atoms with Crippen LogP contribution in [0, 0.1) is 0 Å². The van der Waals surface area contributed by atoms with Crippen molar-refractivity contribution in [3.63, 3.8) is 0 Å². The number of aryl methyl sites for hydroxylation is 1. The normalized spacial score (nSPS) is 14.0. The Labute approximate surface area is 90.2 Å². The number of nitrogens with two attached hydrogens (primary N) is 1. The van der Waals surface area contributed by atoms with Gasteiger partial charge in [0.15, 0.2) is 9.84 Å². The maximum Gasteiger partial charge on any atom is 0.151 e. The average molecular weight is 231 g/mol. The zero-order valence-corrected chi connectivity index (χ0v) is 9.65. The van der Waals surface area contributed by atoms with Crippen LogP contribution >= 0.6 is 0 Å². The Morgan fingerprint density at radius 3 is 2.80 bits per heavy atom. The molecule has 0 aromatic carbocycles. The first-order valence-corrected chi connectivity index (χ1v) is 6.73. The largest absolute Gasteiger partial charge is 0.337 e. The molecule has 86 valence electrons. The molecule has 5 nitrogen and oxygen atoms in total. The van der Waals surface area contributed by atoms with E-state index in [-0.39, 0.29) is 17.5 Å². The molecule has 0 spiro atoms. The molecule has 6 heteroatoms. The van der Waals surface area contributed by atoms with E-state index in [0.717, 1.165) is 0 Å². The van der Waals surface area contributed by atoms with Crippen molar-refractivity contribution < 1.29 is 8.42 Å². The fourth-order valence-electron chi connectivity index (χ4n) is 1.37. The summed E-state index contributed by atoms with van der Waals surface area (Å²) in [7, 11) is -2.99. The summed E-state index contributed by atoms with van der Waals surface area (Å²) in [6.45, 7) is 2.38. The molecule has 1 aromatic heterocycles. The predicted molar refractivity (Wildman–Crippen MR) is 59.1 cm³/mol. The van der Waals surface area contributed by atoms with Crippen molar-refractivity contribution in [2.24, 2.45) is 5.73 Å². The second-order valence-corrected chi connectivity index (χ2v) is 5.97. The number of aromatic nitrogens is 2. The summed E-state index contributed by atoms with van der Waals surface area (Å²) in [5.74, 6) is 0.254. The van der Waals surface area contributed by atoms with E-state index < -0.39 is 9.84 Å². The monoisotopic (exact) mass is 231 g/mol. The molecule has 1 unspecified atom stereocenters. The van der Waals surface area contributed by atoms with E-state index in [0.29, 0.717) is 13.0 Å². The van der Waals surface area contributed by atoms with Gasteiger partial charge in [0.1, 0.15) is 0 Å². The van der Waals surface area contributed by atoms with Gasteiger partial charge in [-0.15, -0.1) is 0 Å². The van der Waals surface area contributed by atoms with E-state index in [2.05, 4.69) is 4.98 Å². The lowest BCUT2D eigenvalue weighted by molar-refractivity contribution is 0.581. The number of rotatable bonds is 6. The molecule has 2 N–H and O–H groups in total. The van der Waals surface area contributed by atoms with Crippen molar-refractivity contribution in [2.75, 3.05) is 11.5 Å². The van der Waals surface area contributed by atoms with Crippen molar-refractivity contribution >= 4 is 9.84 Å². The van der Waals surface area contributed by atoms with Crippen LogP contribution in [-0.4, -0.2) is 35.5 Å². The Morgan fingerprint density at radius 1 is 1.53 bits per heavy atom. The molecule has 0 saturated heterocycles. The van der Waals surface area contributed by atoms with Crippen LogP contribution in [0.2, 0.25) is 0 Å². The molecule has 1 aromatic rings. The van der Waals surface area contributed by atoms with Gasteiger partial charge in [-0.3, -0.25) is 0 Å². The molecule has 15 heavy (non-hydrogen) atoms. The highest BCUT2D eigenvalue weighted by Gasteiger charge is 2.12. The second kappa shape index (κ2) is 5.27. The maximum absolute atomic E-state index is 11.5. The molecule has 0 amide bonds. The third-order valence-corrected chi connectivity index (χ3v) is 3.89. The maximum atomic E-state index is 11.5. The summed E-state index contributed by atoms with van der Waals surface area (Å²) in [6, 6.07) is -0.289. The molecule has 0 radical (unpaired) electrons. The lowest BCUT2D eigenvalue weighted by atomic mass is 10.4. The Kier molecular flexibility index (Phi) is 4.28. The summed E-state index contributed by atoms with van der Waals surface area (Å²) < 4.78 is 24.8. The molecule has 0 bridgehead atoms. The summed E-state index contributed by atoms with van der Waals surface area (Å²) in [6.07, 6.45) is 5.78. The molecule has 0 fully saturated rings. The minimum Gasteiger partial charge on any atom is -0.337 e. The molecule has 0 aliphatic carbocycles. The predicted octanol–water partition coefficient (Wildman–Crippen LogP) is 0.0352. The lowest BCUT2D eigenvalue weighted by Gasteiger charge is -2.07. The third-order valence-electron chi connectivity index (χ3n) is 1.95. The Balaban J connectivity index is 2.31. The summed E-state index contributed by atoms with van der Waals surface area (Å²) in [5, 5.41) is 0. The first-order valence-electron chi connectivity index (χ1n) is 4.91. The number of sulfone groups is 1. The van der Waals surface area contributed by atoms with E-state index in [1.165, 1.54) is 0 Å². The van der Waals surface area contributed by atoms with Crippen LogP contribution in [0.5, 0.6) is 0 Å². The van der Waals surface area contributed by atoms with E-state index in [9.17, 15) is 8.42 Å².